The van der Waals surface area contributed by atoms with Crippen molar-refractivity contribution in [3.63, 3.8) is 0 Å². The van der Waals surface area contributed by atoms with Gasteiger partial charge in [0.15, 0.2) is 0 Å². The molecule has 5 nitrogen and oxygen atoms in total. The van der Waals surface area contributed by atoms with E-state index in [1.807, 2.05) is 32.0 Å². The van der Waals surface area contributed by atoms with E-state index in [1.54, 1.807) is 4.90 Å². The van der Waals surface area contributed by atoms with Gasteiger partial charge in [-0.3, -0.25) is 4.79 Å². The Balaban J connectivity index is 1.65. The zero-order valence-corrected chi connectivity index (χ0v) is 14.5. The molecule has 1 fully saturated rings. The summed E-state index contributed by atoms with van der Waals surface area (Å²) in [5.74, 6) is -1.83. The van der Waals surface area contributed by atoms with E-state index in [2.05, 4.69) is 10.6 Å². The maximum Gasteiger partial charge on any atom is 0.319 e. The van der Waals surface area contributed by atoms with Crippen LogP contribution in [0, 0.1) is 25.5 Å². The average molecular weight is 359 g/mol. The fourth-order valence-corrected chi connectivity index (χ4v) is 3.08. The number of rotatable bonds is 3. The van der Waals surface area contributed by atoms with Crippen molar-refractivity contribution in [2.24, 2.45) is 0 Å². The number of nitrogens with one attached hydrogen (secondary N) is 2. The van der Waals surface area contributed by atoms with Crippen LogP contribution in [-0.2, 0) is 4.79 Å². The smallest absolute Gasteiger partial charge is 0.319 e. The van der Waals surface area contributed by atoms with Crippen LogP contribution in [-0.4, -0.2) is 24.5 Å². The monoisotopic (exact) mass is 359 g/mol. The average Bonchev–Trinajstić information content (AvgIpc) is 2.90. The maximum absolute atomic E-state index is 13.6. The fourth-order valence-electron chi connectivity index (χ4n) is 3.08. The minimum atomic E-state index is -0.880. The maximum atomic E-state index is 13.6. The quantitative estimate of drug-likeness (QED) is 0.881. The summed E-state index contributed by atoms with van der Waals surface area (Å²) in [4.78, 5) is 26.3. The second kappa shape index (κ2) is 7.11. The van der Waals surface area contributed by atoms with Gasteiger partial charge in [-0.25, -0.2) is 13.6 Å². The van der Waals surface area contributed by atoms with E-state index in [1.165, 1.54) is 0 Å². The van der Waals surface area contributed by atoms with Gasteiger partial charge in [-0.1, -0.05) is 6.07 Å². The normalized spacial score (nSPS) is 16.7. The van der Waals surface area contributed by atoms with Gasteiger partial charge in [-0.2, -0.15) is 0 Å². The Morgan fingerprint density at radius 1 is 1.12 bits per heavy atom. The molecular formula is C19H19F2N3O2. The number of hydrogen-bond donors (Lipinski definition) is 2. The number of amides is 3. The molecule has 1 saturated heterocycles. The number of anilines is 2. The molecule has 2 N–H and O–H groups in total. The van der Waals surface area contributed by atoms with Crippen LogP contribution in [0.15, 0.2) is 36.4 Å². The molecule has 1 unspecified atom stereocenters. The van der Waals surface area contributed by atoms with E-state index >= 15 is 0 Å². The number of nitrogens with zero attached hydrogens (tertiary/aromatic N) is 1. The molecule has 136 valence electrons. The van der Waals surface area contributed by atoms with E-state index < -0.39 is 23.7 Å². The first kappa shape index (κ1) is 17.8. The number of aryl methyl sites for hydroxylation is 2. The lowest BCUT2D eigenvalue weighted by atomic mass is 10.1. The Bertz CT molecular complexity index is 850. The molecule has 0 aromatic heterocycles. The summed E-state index contributed by atoms with van der Waals surface area (Å²) in [7, 11) is 0. The van der Waals surface area contributed by atoms with Gasteiger partial charge in [0.2, 0.25) is 5.91 Å². The van der Waals surface area contributed by atoms with Crippen LogP contribution < -0.4 is 15.5 Å². The van der Waals surface area contributed by atoms with Crippen molar-refractivity contribution in [1.82, 2.24) is 5.32 Å². The topological polar surface area (TPSA) is 61.4 Å². The summed E-state index contributed by atoms with van der Waals surface area (Å²) in [5.41, 5.74) is 2.74. The first-order valence-corrected chi connectivity index (χ1v) is 8.26. The van der Waals surface area contributed by atoms with Gasteiger partial charge in [0, 0.05) is 18.3 Å². The number of urea groups is 1. The standard InChI is InChI=1S/C19H19F2N3O2/c1-11-7-12(2)9-14(8-11)24-6-5-17(18(24)25)23-19(26)22-16-4-3-13(20)10-15(16)21/h3-4,7-10,17H,5-6H2,1-2H3,(H2,22,23,26). The zero-order valence-electron chi connectivity index (χ0n) is 14.5. The molecule has 1 heterocycles. The Morgan fingerprint density at radius 2 is 1.81 bits per heavy atom. The summed E-state index contributed by atoms with van der Waals surface area (Å²) in [6.45, 7) is 4.40. The molecular weight excluding hydrogens is 340 g/mol. The predicted octanol–water partition coefficient (Wildman–Crippen LogP) is 3.51. The molecule has 0 radical (unpaired) electrons. The van der Waals surface area contributed by atoms with Crippen molar-refractivity contribution in [1.29, 1.82) is 0 Å². The largest absolute Gasteiger partial charge is 0.326 e. The summed E-state index contributed by atoms with van der Waals surface area (Å²) >= 11 is 0. The van der Waals surface area contributed by atoms with Crippen molar-refractivity contribution < 1.29 is 18.4 Å². The minimum Gasteiger partial charge on any atom is -0.326 e. The highest BCUT2D eigenvalue weighted by molar-refractivity contribution is 6.02. The molecule has 3 amide bonds. The third-order valence-corrected chi connectivity index (χ3v) is 4.21. The highest BCUT2D eigenvalue weighted by Gasteiger charge is 2.33. The summed E-state index contributed by atoms with van der Waals surface area (Å²) in [6, 6.07) is 7.30. The number of carbonyl (C=O) groups excluding carboxylic acids is 2. The Morgan fingerprint density at radius 3 is 2.46 bits per heavy atom. The number of benzene rings is 2. The lowest BCUT2D eigenvalue weighted by Gasteiger charge is -2.18. The third-order valence-electron chi connectivity index (χ3n) is 4.21. The zero-order chi connectivity index (χ0) is 18.8. The van der Waals surface area contributed by atoms with Crippen LogP contribution >= 0.6 is 0 Å². The second-order valence-corrected chi connectivity index (χ2v) is 6.40. The molecule has 1 aliphatic rings. The van der Waals surface area contributed by atoms with Crippen molar-refractivity contribution in [2.75, 3.05) is 16.8 Å². The summed E-state index contributed by atoms with van der Waals surface area (Å²) in [5, 5.41) is 4.84. The fraction of sp³-hybridized carbons (Fsp3) is 0.263. The van der Waals surface area contributed by atoms with E-state index in [0.717, 1.165) is 28.9 Å². The Hall–Kier alpha value is -2.96. The van der Waals surface area contributed by atoms with Gasteiger partial charge >= 0.3 is 6.03 Å². The van der Waals surface area contributed by atoms with Crippen LogP contribution in [0.2, 0.25) is 0 Å². The highest BCUT2D eigenvalue weighted by atomic mass is 19.1. The number of carbonyl (C=O) groups is 2. The van der Waals surface area contributed by atoms with E-state index in [9.17, 15) is 18.4 Å². The molecule has 1 aliphatic heterocycles. The van der Waals surface area contributed by atoms with Crippen molar-refractivity contribution >= 4 is 23.3 Å². The molecule has 2 aromatic carbocycles. The molecule has 3 rings (SSSR count). The minimum absolute atomic E-state index is 0.152. The molecule has 7 heteroatoms. The Labute approximate surface area is 150 Å². The van der Waals surface area contributed by atoms with Crippen molar-refractivity contribution in [3.05, 3.63) is 59.2 Å². The molecule has 0 bridgehead atoms. The van der Waals surface area contributed by atoms with E-state index in [0.29, 0.717) is 19.0 Å². The highest BCUT2D eigenvalue weighted by Crippen LogP contribution is 2.24. The molecule has 1 atom stereocenters. The molecule has 2 aromatic rings. The predicted molar refractivity (Wildman–Crippen MR) is 95.2 cm³/mol. The third kappa shape index (κ3) is 3.82. The van der Waals surface area contributed by atoms with Gasteiger partial charge < -0.3 is 15.5 Å². The SMILES string of the molecule is Cc1cc(C)cc(N2CCC(NC(=O)Nc3ccc(F)cc3F)C2=O)c1. The molecule has 26 heavy (non-hydrogen) atoms. The molecule has 0 aliphatic carbocycles. The lowest BCUT2D eigenvalue weighted by Crippen LogP contribution is -2.43. The van der Waals surface area contributed by atoms with Gasteiger partial charge in [0.1, 0.15) is 17.7 Å². The lowest BCUT2D eigenvalue weighted by molar-refractivity contribution is -0.118. The van der Waals surface area contributed by atoms with E-state index in [4.69, 9.17) is 0 Å². The van der Waals surface area contributed by atoms with Crippen LogP contribution in [0.3, 0.4) is 0 Å². The first-order valence-electron chi connectivity index (χ1n) is 8.26. The van der Waals surface area contributed by atoms with Gasteiger partial charge in [-0.05, 0) is 55.7 Å². The summed E-state index contributed by atoms with van der Waals surface area (Å²) < 4.78 is 26.5. The number of hydrogen-bond acceptors (Lipinski definition) is 2. The van der Waals surface area contributed by atoms with E-state index in [-0.39, 0.29) is 11.6 Å². The summed E-state index contributed by atoms with van der Waals surface area (Å²) in [6.07, 6.45) is 0.450. The van der Waals surface area contributed by atoms with Crippen molar-refractivity contribution in [3.8, 4) is 0 Å². The van der Waals surface area contributed by atoms with Gasteiger partial charge in [-0.15, -0.1) is 0 Å². The number of halogens is 2. The Kier molecular flexibility index (Phi) is 4.88. The molecule has 0 saturated carbocycles. The molecule has 0 spiro atoms. The van der Waals surface area contributed by atoms with Gasteiger partial charge in [0.05, 0.1) is 5.69 Å². The van der Waals surface area contributed by atoms with Crippen LogP contribution in [0.5, 0.6) is 0 Å². The van der Waals surface area contributed by atoms with Crippen LogP contribution in [0.25, 0.3) is 0 Å². The first-order chi connectivity index (χ1) is 12.3. The van der Waals surface area contributed by atoms with Crippen molar-refractivity contribution in [2.45, 2.75) is 26.3 Å². The second-order valence-electron chi connectivity index (χ2n) is 6.40. The van der Waals surface area contributed by atoms with Crippen LogP contribution in [0.4, 0.5) is 25.0 Å². The van der Waals surface area contributed by atoms with Gasteiger partial charge in [0.25, 0.3) is 0 Å². The van der Waals surface area contributed by atoms with Crippen LogP contribution in [0.1, 0.15) is 17.5 Å².